The summed E-state index contributed by atoms with van der Waals surface area (Å²) >= 11 is 0. The topological polar surface area (TPSA) is 50.9 Å². The van der Waals surface area contributed by atoms with Gasteiger partial charge in [0.05, 0.1) is 5.56 Å². The molecule has 0 amide bonds. The van der Waals surface area contributed by atoms with Crippen LogP contribution in [0.5, 0.6) is 0 Å². The van der Waals surface area contributed by atoms with Crippen molar-refractivity contribution in [2.45, 2.75) is 38.5 Å². The van der Waals surface area contributed by atoms with E-state index in [0.29, 0.717) is 0 Å². The fraction of sp³-hybridized carbons (Fsp3) is 0.583. The molecule has 1 aliphatic carbocycles. The van der Waals surface area contributed by atoms with E-state index in [4.69, 9.17) is 5.73 Å². The number of anilines is 1. The van der Waals surface area contributed by atoms with Gasteiger partial charge >= 0.3 is 6.18 Å². The van der Waals surface area contributed by atoms with Crippen LogP contribution in [0.2, 0.25) is 0 Å². The van der Waals surface area contributed by atoms with Gasteiger partial charge in [-0.3, -0.25) is 0 Å². The molecule has 2 unspecified atom stereocenters. The molecule has 100 valence electrons. The number of nitrogens with two attached hydrogens (primary N) is 1. The van der Waals surface area contributed by atoms with Crippen LogP contribution in [0.1, 0.15) is 25.8 Å². The highest BCUT2D eigenvalue weighted by Crippen LogP contribution is 2.41. The van der Waals surface area contributed by atoms with E-state index >= 15 is 0 Å². The zero-order valence-electron chi connectivity index (χ0n) is 10.3. The van der Waals surface area contributed by atoms with Crippen LogP contribution in [0, 0.1) is 5.41 Å². The second-order valence-corrected chi connectivity index (χ2v) is 5.29. The van der Waals surface area contributed by atoms with E-state index in [-0.39, 0.29) is 23.3 Å². The SMILES string of the molecule is CC1(C)C(N)CC1Nc1cc(C(F)(F)F)ccn1. The fourth-order valence-electron chi connectivity index (χ4n) is 2.07. The quantitative estimate of drug-likeness (QED) is 0.858. The molecule has 1 saturated carbocycles. The van der Waals surface area contributed by atoms with Gasteiger partial charge in [0.25, 0.3) is 0 Å². The first-order valence-corrected chi connectivity index (χ1v) is 5.76. The smallest absolute Gasteiger partial charge is 0.367 e. The van der Waals surface area contributed by atoms with Gasteiger partial charge in [-0.05, 0) is 18.6 Å². The average Bonchev–Trinajstić information content (AvgIpc) is 2.28. The number of rotatable bonds is 2. The van der Waals surface area contributed by atoms with Crippen molar-refractivity contribution in [1.82, 2.24) is 4.98 Å². The Morgan fingerprint density at radius 1 is 1.44 bits per heavy atom. The average molecular weight is 259 g/mol. The molecule has 3 N–H and O–H groups in total. The number of nitrogens with one attached hydrogen (secondary N) is 1. The van der Waals surface area contributed by atoms with Crippen molar-refractivity contribution >= 4 is 5.82 Å². The van der Waals surface area contributed by atoms with E-state index < -0.39 is 11.7 Å². The van der Waals surface area contributed by atoms with Gasteiger partial charge < -0.3 is 11.1 Å². The van der Waals surface area contributed by atoms with Crippen LogP contribution >= 0.6 is 0 Å². The van der Waals surface area contributed by atoms with Crippen molar-refractivity contribution in [2.24, 2.45) is 11.1 Å². The molecule has 2 atom stereocenters. The number of hydrogen-bond donors (Lipinski definition) is 2. The lowest BCUT2D eigenvalue weighted by molar-refractivity contribution is -0.137. The minimum absolute atomic E-state index is 0.0588. The predicted molar refractivity (Wildman–Crippen MR) is 63.0 cm³/mol. The van der Waals surface area contributed by atoms with Crippen molar-refractivity contribution in [2.75, 3.05) is 5.32 Å². The Bertz CT molecular complexity index is 442. The Kier molecular flexibility index (Phi) is 3.01. The standard InChI is InChI=1S/C12H16F3N3/c1-11(2)8(16)6-9(11)18-10-5-7(3-4-17-10)12(13,14)15/h3-5,8-9H,6,16H2,1-2H3,(H,17,18). The van der Waals surface area contributed by atoms with Crippen molar-refractivity contribution < 1.29 is 13.2 Å². The Hall–Kier alpha value is -1.30. The minimum Gasteiger partial charge on any atom is -0.367 e. The fourth-order valence-corrected chi connectivity index (χ4v) is 2.07. The second-order valence-electron chi connectivity index (χ2n) is 5.29. The van der Waals surface area contributed by atoms with E-state index in [0.717, 1.165) is 24.8 Å². The maximum atomic E-state index is 12.5. The number of hydrogen-bond acceptors (Lipinski definition) is 3. The third-order valence-corrected chi connectivity index (χ3v) is 3.75. The lowest BCUT2D eigenvalue weighted by Crippen LogP contribution is -2.61. The third-order valence-electron chi connectivity index (χ3n) is 3.75. The molecule has 0 spiro atoms. The minimum atomic E-state index is -4.34. The van der Waals surface area contributed by atoms with Crippen molar-refractivity contribution in [3.63, 3.8) is 0 Å². The molecule has 1 aromatic rings. The number of alkyl halides is 3. The largest absolute Gasteiger partial charge is 0.416 e. The molecule has 2 rings (SSSR count). The van der Waals surface area contributed by atoms with Crippen LogP contribution in [0.25, 0.3) is 0 Å². The number of halogens is 3. The van der Waals surface area contributed by atoms with Crippen molar-refractivity contribution in [1.29, 1.82) is 0 Å². The molecule has 1 aromatic heterocycles. The molecule has 1 fully saturated rings. The Morgan fingerprint density at radius 3 is 2.61 bits per heavy atom. The molecule has 3 nitrogen and oxygen atoms in total. The summed E-state index contributed by atoms with van der Waals surface area (Å²) in [4.78, 5) is 3.91. The molecule has 0 aromatic carbocycles. The first-order chi connectivity index (χ1) is 8.21. The van der Waals surface area contributed by atoms with E-state index in [1.165, 1.54) is 0 Å². The Labute approximate surface area is 104 Å². The molecule has 0 bridgehead atoms. The lowest BCUT2D eigenvalue weighted by Gasteiger charge is -2.50. The van der Waals surface area contributed by atoms with Gasteiger partial charge in [-0.1, -0.05) is 13.8 Å². The molecule has 18 heavy (non-hydrogen) atoms. The van der Waals surface area contributed by atoms with E-state index in [1.807, 2.05) is 13.8 Å². The first-order valence-electron chi connectivity index (χ1n) is 5.76. The van der Waals surface area contributed by atoms with Crippen LogP contribution < -0.4 is 11.1 Å². The summed E-state index contributed by atoms with van der Waals surface area (Å²) in [6, 6.07) is 2.12. The Balaban J connectivity index is 2.12. The highest BCUT2D eigenvalue weighted by Gasteiger charge is 2.46. The van der Waals surface area contributed by atoms with Gasteiger partial charge in [0, 0.05) is 23.7 Å². The van der Waals surface area contributed by atoms with Gasteiger partial charge in [0.15, 0.2) is 0 Å². The Morgan fingerprint density at radius 2 is 2.11 bits per heavy atom. The van der Waals surface area contributed by atoms with Crippen LogP contribution in [-0.4, -0.2) is 17.1 Å². The molecular weight excluding hydrogens is 243 g/mol. The normalized spacial score (nSPS) is 26.6. The van der Waals surface area contributed by atoms with Gasteiger partial charge in [-0.25, -0.2) is 4.98 Å². The van der Waals surface area contributed by atoms with Gasteiger partial charge in [-0.15, -0.1) is 0 Å². The molecule has 0 radical (unpaired) electrons. The van der Waals surface area contributed by atoms with Crippen LogP contribution in [0.4, 0.5) is 19.0 Å². The maximum Gasteiger partial charge on any atom is 0.416 e. The third kappa shape index (κ3) is 2.29. The van der Waals surface area contributed by atoms with Crippen molar-refractivity contribution in [3.05, 3.63) is 23.9 Å². The van der Waals surface area contributed by atoms with E-state index in [2.05, 4.69) is 10.3 Å². The summed E-state index contributed by atoms with van der Waals surface area (Å²) in [6.45, 7) is 3.99. The highest BCUT2D eigenvalue weighted by molar-refractivity contribution is 5.41. The van der Waals surface area contributed by atoms with Crippen LogP contribution in [0.15, 0.2) is 18.3 Å². The van der Waals surface area contributed by atoms with Crippen LogP contribution in [0.3, 0.4) is 0 Å². The summed E-state index contributed by atoms with van der Waals surface area (Å²) in [5.74, 6) is 0.245. The molecule has 0 saturated heterocycles. The van der Waals surface area contributed by atoms with Crippen molar-refractivity contribution in [3.8, 4) is 0 Å². The van der Waals surface area contributed by atoms with E-state index in [1.54, 1.807) is 0 Å². The molecule has 6 heteroatoms. The van der Waals surface area contributed by atoms with Gasteiger partial charge in [-0.2, -0.15) is 13.2 Å². The summed E-state index contributed by atoms with van der Waals surface area (Å²) in [7, 11) is 0. The van der Waals surface area contributed by atoms with E-state index in [9.17, 15) is 13.2 Å². The zero-order valence-corrected chi connectivity index (χ0v) is 10.3. The molecule has 0 aliphatic heterocycles. The molecule has 1 aliphatic rings. The number of nitrogens with zero attached hydrogens (tertiary/aromatic N) is 1. The highest BCUT2D eigenvalue weighted by atomic mass is 19.4. The first kappa shape index (κ1) is 13.1. The maximum absolute atomic E-state index is 12.5. The summed E-state index contributed by atoms with van der Waals surface area (Å²) in [5.41, 5.74) is 5.04. The number of aromatic nitrogens is 1. The second kappa shape index (κ2) is 4.12. The molecular formula is C12H16F3N3. The van der Waals surface area contributed by atoms with Gasteiger partial charge in [0.2, 0.25) is 0 Å². The van der Waals surface area contributed by atoms with Gasteiger partial charge in [0.1, 0.15) is 5.82 Å². The predicted octanol–water partition coefficient (Wildman–Crippen LogP) is 2.64. The molecule has 1 heterocycles. The van der Waals surface area contributed by atoms with Crippen LogP contribution in [-0.2, 0) is 6.18 Å². The monoisotopic (exact) mass is 259 g/mol. The zero-order chi connectivity index (χ0) is 13.6. The summed E-state index contributed by atoms with van der Waals surface area (Å²) in [6.07, 6.45) is -2.44. The summed E-state index contributed by atoms with van der Waals surface area (Å²) in [5, 5.41) is 3.02. The summed E-state index contributed by atoms with van der Waals surface area (Å²) < 4.78 is 37.6. The lowest BCUT2D eigenvalue weighted by atomic mass is 9.63. The number of pyridine rings is 1.